The fraction of sp³-hybridized carbons (Fsp3) is 0.562. The van der Waals surface area contributed by atoms with Gasteiger partial charge in [0.1, 0.15) is 0 Å². The molecule has 3 nitrogen and oxygen atoms in total. The molecule has 0 aromatic heterocycles. The maximum atomic E-state index is 12.6. The Balaban J connectivity index is 2.10. The molecule has 2 rings (SSSR count). The molecule has 1 aromatic rings. The second-order valence-corrected chi connectivity index (χ2v) is 6.49. The van der Waals surface area contributed by atoms with E-state index in [0.29, 0.717) is 22.5 Å². The van der Waals surface area contributed by atoms with Crippen molar-refractivity contribution in [2.45, 2.75) is 39.3 Å². The number of carbonyl (C=O) groups is 1. The van der Waals surface area contributed by atoms with Crippen molar-refractivity contribution in [3.8, 4) is 0 Å². The summed E-state index contributed by atoms with van der Waals surface area (Å²) in [6.07, 6.45) is 1.09. The van der Waals surface area contributed by atoms with E-state index in [0.717, 1.165) is 19.5 Å². The summed E-state index contributed by atoms with van der Waals surface area (Å²) in [4.78, 5) is 14.6. The summed E-state index contributed by atoms with van der Waals surface area (Å²) in [5.41, 5.74) is 0.676. The van der Waals surface area contributed by atoms with Gasteiger partial charge in [0.05, 0.1) is 0 Å². The van der Waals surface area contributed by atoms with Crippen LogP contribution in [0.25, 0.3) is 0 Å². The van der Waals surface area contributed by atoms with Gasteiger partial charge >= 0.3 is 0 Å². The van der Waals surface area contributed by atoms with Gasteiger partial charge in [0, 0.05) is 35.8 Å². The quantitative estimate of drug-likeness (QED) is 0.928. The molecule has 1 aromatic carbocycles. The van der Waals surface area contributed by atoms with Gasteiger partial charge < -0.3 is 10.2 Å². The second-order valence-electron chi connectivity index (χ2n) is 6.05. The standard InChI is InChI=1S/C16H23ClN2O/c1-11(2)7-15-10-19(12(3)9-18-15)16(20)13-5-4-6-14(17)8-13/h4-6,8,11-12,15,18H,7,9-10H2,1-3H3. The van der Waals surface area contributed by atoms with E-state index in [1.54, 1.807) is 12.1 Å². The first kappa shape index (κ1) is 15.3. The number of hydrogen-bond donors (Lipinski definition) is 1. The predicted molar refractivity (Wildman–Crippen MR) is 83.2 cm³/mol. The van der Waals surface area contributed by atoms with E-state index in [9.17, 15) is 4.79 Å². The summed E-state index contributed by atoms with van der Waals surface area (Å²) in [6.45, 7) is 8.13. The number of amides is 1. The van der Waals surface area contributed by atoms with Gasteiger partial charge in [0.2, 0.25) is 0 Å². The molecule has 1 N–H and O–H groups in total. The van der Waals surface area contributed by atoms with Crippen molar-refractivity contribution in [3.05, 3.63) is 34.9 Å². The van der Waals surface area contributed by atoms with Crippen LogP contribution in [0.1, 0.15) is 37.6 Å². The summed E-state index contributed by atoms with van der Waals surface area (Å²) >= 11 is 5.98. The van der Waals surface area contributed by atoms with Crippen molar-refractivity contribution in [2.75, 3.05) is 13.1 Å². The highest BCUT2D eigenvalue weighted by Crippen LogP contribution is 2.18. The first-order valence-corrected chi connectivity index (χ1v) is 7.65. The Labute approximate surface area is 126 Å². The van der Waals surface area contributed by atoms with Crippen LogP contribution in [-0.2, 0) is 0 Å². The van der Waals surface area contributed by atoms with Crippen molar-refractivity contribution in [2.24, 2.45) is 5.92 Å². The number of rotatable bonds is 3. The molecule has 2 unspecified atom stereocenters. The zero-order valence-electron chi connectivity index (χ0n) is 12.4. The fourth-order valence-electron chi connectivity index (χ4n) is 2.73. The number of hydrogen-bond acceptors (Lipinski definition) is 2. The van der Waals surface area contributed by atoms with Crippen molar-refractivity contribution in [1.82, 2.24) is 10.2 Å². The third-order valence-corrected chi connectivity index (χ3v) is 3.97. The first-order valence-electron chi connectivity index (χ1n) is 7.27. The SMILES string of the molecule is CC(C)CC1CN(C(=O)c2cccc(Cl)c2)C(C)CN1. The summed E-state index contributed by atoms with van der Waals surface area (Å²) in [6, 6.07) is 7.80. The largest absolute Gasteiger partial charge is 0.333 e. The van der Waals surface area contributed by atoms with E-state index in [-0.39, 0.29) is 11.9 Å². The molecular formula is C16H23ClN2O. The highest BCUT2D eigenvalue weighted by Gasteiger charge is 2.29. The minimum atomic E-state index is 0.0789. The molecular weight excluding hydrogens is 272 g/mol. The van der Waals surface area contributed by atoms with Gasteiger partial charge in [-0.15, -0.1) is 0 Å². The molecule has 1 aliphatic heterocycles. The average molecular weight is 295 g/mol. The Hall–Kier alpha value is -1.06. The molecule has 0 radical (unpaired) electrons. The number of nitrogens with one attached hydrogen (secondary N) is 1. The topological polar surface area (TPSA) is 32.3 Å². The lowest BCUT2D eigenvalue weighted by Gasteiger charge is -2.39. The van der Waals surface area contributed by atoms with Crippen LogP contribution in [0.5, 0.6) is 0 Å². The van der Waals surface area contributed by atoms with Crippen LogP contribution in [0.4, 0.5) is 0 Å². The molecule has 0 saturated carbocycles. The predicted octanol–water partition coefficient (Wildman–Crippen LogP) is 3.19. The Kier molecular flexibility index (Phi) is 5.06. The molecule has 1 heterocycles. The molecule has 1 aliphatic rings. The summed E-state index contributed by atoms with van der Waals surface area (Å²) < 4.78 is 0. The monoisotopic (exact) mass is 294 g/mol. The van der Waals surface area contributed by atoms with E-state index in [1.165, 1.54) is 0 Å². The zero-order valence-corrected chi connectivity index (χ0v) is 13.2. The molecule has 4 heteroatoms. The number of carbonyl (C=O) groups excluding carboxylic acids is 1. The van der Waals surface area contributed by atoms with Crippen LogP contribution in [0.3, 0.4) is 0 Å². The number of halogens is 1. The Morgan fingerprint density at radius 3 is 2.90 bits per heavy atom. The molecule has 0 bridgehead atoms. The van der Waals surface area contributed by atoms with E-state index < -0.39 is 0 Å². The van der Waals surface area contributed by atoms with Crippen molar-refractivity contribution < 1.29 is 4.79 Å². The summed E-state index contributed by atoms with van der Waals surface area (Å²) in [5.74, 6) is 0.708. The second kappa shape index (κ2) is 6.59. The molecule has 1 fully saturated rings. The maximum Gasteiger partial charge on any atom is 0.254 e. The lowest BCUT2D eigenvalue weighted by molar-refractivity contribution is 0.0595. The minimum Gasteiger partial charge on any atom is -0.333 e. The van der Waals surface area contributed by atoms with Gasteiger partial charge in [-0.1, -0.05) is 31.5 Å². The van der Waals surface area contributed by atoms with E-state index in [4.69, 9.17) is 11.6 Å². The van der Waals surface area contributed by atoms with Gasteiger partial charge in [-0.3, -0.25) is 4.79 Å². The van der Waals surface area contributed by atoms with Crippen molar-refractivity contribution >= 4 is 17.5 Å². The highest BCUT2D eigenvalue weighted by molar-refractivity contribution is 6.30. The molecule has 20 heavy (non-hydrogen) atoms. The molecule has 1 amide bonds. The Bertz CT molecular complexity index is 475. The molecule has 0 spiro atoms. The Morgan fingerprint density at radius 1 is 1.50 bits per heavy atom. The van der Waals surface area contributed by atoms with Crippen molar-refractivity contribution in [3.63, 3.8) is 0 Å². The third kappa shape index (κ3) is 3.74. The van der Waals surface area contributed by atoms with Gasteiger partial charge in [-0.25, -0.2) is 0 Å². The van der Waals surface area contributed by atoms with Gasteiger partial charge in [0.15, 0.2) is 0 Å². The highest BCUT2D eigenvalue weighted by atomic mass is 35.5. The minimum absolute atomic E-state index is 0.0789. The molecule has 110 valence electrons. The van der Waals surface area contributed by atoms with Crippen LogP contribution in [0.2, 0.25) is 5.02 Å². The molecule has 1 saturated heterocycles. The van der Waals surface area contributed by atoms with E-state index in [1.807, 2.05) is 17.0 Å². The lowest BCUT2D eigenvalue weighted by Crippen LogP contribution is -2.57. The summed E-state index contributed by atoms with van der Waals surface area (Å²) in [7, 11) is 0. The van der Waals surface area contributed by atoms with Gasteiger partial charge in [-0.05, 0) is 37.5 Å². The zero-order chi connectivity index (χ0) is 14.7. The van der Waals surface area contributed by atoms with Crippen molar-refractivity contribution in [1.29, 1.82) is 0 Å². The normalized spacial score (nSPS) is 23.1. The van der Waals surface area contributed by atoms with Gasteiger partial charge in [-0.2, -0.15) is 0 Å². The van der Waals surface area contributed by atoms with E-state index >= 15 is 0 Å². The number of benzene rings is 1. The smallest absolute Gasteiger partial charge is 0.254 e. The van der Waals surface area contributed by atoms with Crippen LogP contribution in [-0.4, -0.2) is 36.0 Å². The van der Waals surface area contributed by atoms with Gasteiger partial charge in [0.25, 0.3) is 5.91 Å². The fourth-order valence-corrected chi connectivity index (χ4v) is 2.92. The first-order chi connectivity index (χ1) is 9.47. The van der Waals surface area contributed by atoms with Crippen LogP contribution in [0.15, 0.2) is 24.3 Å². The number of piperazine rings is 1. The third-order valence-electron chi connectivity index (χ3n) is 3.74. The van der Waals surface area contributed by atoms with Crippen LogP contribution >= 0.6 is 11.6 Å². The van der Waals surface area contributed by atoms with E-state index in [2.05, 4.69) is 26.1 Å². The number of nitrogens with zero attached hydrogens (tertiary/aromatic N) is 1. The summed E-state index contributed by atoms with van der Waals surface area (Å²) in [5, 5.41) is 4.14. The van der Waals surface area contributed by atoms with Crippen LogP contribution in [0, 0.1) is 5.92 Å². The molecule has 0 aliphatic carbocycles. The van der Waals surface area contributed by atoms with Crippen LogP contribution < -0.4 is 5.32 Å². The lowest BCUT2D eigenvalue weighted by atomic mass is 9.99. The molecule has 2 atom stereocenters. The average Bonchev–Trinajstić information content (AvgIpc) is 2.39. The Morgan fingerprint density at radius 2 is 2.25 bits per heavy atom. The maximum absolute atomic E-state index is 12.6.